The monoisotopic (exact) mass is 459 g/mol. The Bertz CT molecular complexity index is 1270. The number of piperazine rings is 1. The molecular formula is C20H25N7O6. The van der Waals surface area contributed by atoms with Crippen LogP contribution in [0.4, 0.5) is 11.6 Å². The van der Waals surface area contributed by atoms with Gasteiger partial charge in [0, 0.05) is 45.4 Å². The molecule has 13 heteroatoms. The molecule has 1 fully saturated rings. The normalized spacial score (nSPS) is 15.7. The number of imidazole rings is 1. The zero-order valence-corrected chi connectivity index (χ0v) is 18.3. The van der Waals surface area contributed by atoms with Gasteiger partial charge in [0.15, 0.2) is 11.2 Å². The van der Waals surface area contributed by atoms with Gasteiger partial charge in [-0.05, 0) is 19.2 Å². The van der Waals surface area contributed by atoms with Crippen molar-refractivity contribution in [3.05, 3.63) is 55.2 Å². The fraction of sp³-hybridized carbons (Fsp3) is 0.450. The van der Waals surface area contributed by atoms with Crippen LogP contribution in [-0.2, 0) is 13.6 Å². The zero-order valence-electron chi connectivity index (χ0n) is 18.3. The molecule has 3 heterocycles. The maximum atomic E-state index is 12.6. The summed E-state index contributed by atoms with van der Waals surface area (Å²) in [6, 6.07) is 5.54. The molecule has 1 aromatic carbocycles. The number of aromatic nitrogens is 4. The molecule has 0 amide bonds. The van der Waals surface area contributed by atoms with Crippen LogP contribution >= 0.6 is 0 Å². The van der Waals surface area contributed by atoms with Gasteiger partial charge in [0.05, 0.1) is 11.5 Å². The van der Waals surface area contributed by atoms with Crippen molar-refractivity contribution in [3.8, 4) is 5.75 Å². The highest BCUT2D eigenvalue weighted by Crippen LogP contribution is 2.22. The Labute approximate surface area is 187 Å². The quantitative estimate of drug-likeness (QED) is 0.353. The second-order valence-corrected chi connectivity index (χ2v) is 8.02. The number of non-ortho nitro benzene ring substituents is 1. The average molecular weight is 459 g/mol. The maximum Gasteiger partial charge on any atom is 0.329 e. The van der Waals surface area contributed by atoms with Crippen molar-refractivity contribution in [3.63, 3.8) is 0 Å². The first-order valence-electron chi connectivity index (χ1n) is 10.4. The number of benzene rings is 1. The first-order chi connectivity index (χ1) is 15.7. The van der Waals surface area contributed by atoms with E-state index in [1.54, 1.807) is 4.57 Å². The SMILES string of the molecule is CN1CCN(c2nc3c(c(=O)[nH]c(=O)n3C)n2C[C@H](O)COc2ccc([N+](=O)[O-])cc2)CC1. The van der Waals surface area contributed by atoms with E-state index in [4.69, 9.17) is 4.74 Å². The summed E-state index contributed by atoms with van der Waals surface area (Å²) in [5.74, 6) is 0.869. The number of nitro benzene ring substituents is 1. The molecule has 0 unspecified atom stereocenters. The minimum Gasteiger partial charge on any atom is -0.491 e. The van der Waals surface area contributed by atoms with E-state index < -0.39 is 22.3 Å². The van der Waals surface area contributed by atoms with Gasteiger partial charge in [-0.15, -0.1) is 0 Å². The number of likely N-dealkylation sites (N-methyl/N-ethyl adjacent to an activating group) is 1. The minimum absolute atomic E-state index is 0.00639. The van der Waals surface area contributed by atoms with Crippen molar-refractivity contribution in [2.75, 3.05) is 44.7 Å². The Balaban J connectivity index is 1.60. The molecule has 0 bridgehead atoms. The Hall–Kier alpha value is -3.71. The third-order valence-corrected chi connectivity index (χ3v) is 5.66. The number of aliphatic hydroxyl groups is 1. The lowest BCUT2D eigenvalue weighted by Gasteiger charge is -2.33. The van der Waals surface area contributed by atoms with Crippen molar-refractivity contribution in [1.82, 2.24) is 24.0 Å². The molecular weight excluding hydrogens is 434 g/mol. The van der Waals surface area contributed by atoms with Gasteiger partial charge in [-0.25, -0.2) is 4.79 Å². The fourth-order valence-corrected chi connectivity index (χ4v) is 3.76. The Morgan fingerprint density at radius 1 is 1.18 bits per heavy atom. The van der Waals surface area contributed by atoms with Crippen LogP contribution in [-0.4, -0.2) is 80.0 Å². The third kappa shape index (κ3) is 4.59. The van der Waals surface area contributed by atoms with E-state index in [2.05, 4.69) is 14.9 Å². The molecule has 3 aromatic rings. The number of ether oxygens (including phenoxy) is 1. The van der Waals surface area contributed by atoms with Gasteiger partial charge in [-0.3, -0.25) is 24.5 Å². The Morgan fingerprint density at radius 3 is 2.48 bits per heavy atom. The summed E-state index contributed by atoms with van der Waals surface area (Å²) in [6.45, 7) is 2.88. The number of nitrogens with zero attached hydrogens (tertiary/aromatic N) is 6. The van der Waals surface area contributed by atoms with E-state index >= 15 is 0 Å². The Kier molecular flexibility index (Phi) is 6.16. The Morgan fingerprint density at radius 2 is 1.85 bits per heavy atom. The number of anilines is 1. The fourth-order valence-electron chi connectivity index (χ4n) is 3.76. The minimum atomic E-state index is -1.01. The molecule has 1 aliphatic rings. The lowest BCUT2D eigenvalue weighted by atomic mass is 10.3. The summed E-state index contributed by atoms with van der Waals surface area (Å²) in [7, 11) is 3.55. The van der Waals surface area contributed by atoms with Crippen LogP contribution in [0.5, 0.6) is 5.75 Å². The van der Waals surface area contributed by atoms with E-state index in [9.17, 15) is 24.8 Å². The molecule has 176 valence electrons. The number of hydrogen-bond acceptors (Lipinski definition) is 9. The summed E-state index contributed by atoms with van der Waals surface area (Å²) in [6.07, 6.45) is -1.01. The summed E-state index contributed by atoms with van der Waals surface area (Å²) in [4.78, 5) is 46.0. The molecule has 0 radical (unpaired) electrons. The van der Waals surface area contributed by atoms with Crippen molar-refractivity contribution in [2.24, 2.45) is 7.05 Å². The first kappa shape index (κ1) is 22.5. The lowest BCUT2D eigenvalue weighted by Crippen LogP contribution is -2.45. The predicted molar refractivity (Wildman–Crippen MR) is 120 cm³/mol. The number of aryl methyl sites for hydroxylation is 1. The third-order valence-electron chi connectivity index (χ3n) is 5.66. The largest absolute Gasteiger partial charge is 0.491 e. The molecule has 33 heavy (non-hydrogen) atoms. The molecule has 1 aliphatic heterocycles. The maximum absolute atomic E-state index is 12.6. The molecule has 0 aliphatic carbocycles. The highest BCUT2D eigenvalue weighted by Gasteiger charge is 2.25. The van der Waals surface area contributed by atoms with E-state index in [-0.39, 0.29) is 30.0 Å². The van der Waals surface area contributed by atoms with Gasteiger partial charge in [0.2, 0.25) is 5.95 Å². The van der Waals surface area contributed by atoms with Crippen LogP contribution in [0.25, 0.3) is 11.2 Å². The van der Waals surface area contributed by atoms with Crippen LogP contribution in [0.3, 0.4) is 0 Å². The van der Waals surface area contributed by atoms with Crippen molar-refractivity contribution >= 4 is 22.8 Å². The van der Waals surface area contributed by atoms with Crippen LogP contribution in [0.1, 0.15) is 0 Å². The van der Waals surface area contributed by atoms with Crippen molar-refractivity contribution < 1.29 is 14.8 Å². The molecule has 0 saturated carbocycles. The molecule has 13 nitrogen and oxygen atoms in total. The summed E-state index contributed by atoms with van der Waals surface area (Å²) in [5, 5.41) is 21.5. The molecule has 0 spiro atoms. The molecule has 2 aromatic heterocycles. The van der Waals surface area contributed by atoms with E-state index in [1.165, 1.54) is 35.9 Å². The zero-order chi connectivity index (χ0) is 23.7. The number of aliphatic hydroxyl groups excluding tert-OH is 1. The number of aromatic amines is 1. The average Bonchev–Trinajstić information content (AvgIpc) is 3.16. The number of fused-ring (bicyclic) bond motifs is 1. The number of hydrogen-bond donors (Lipinski definition) is 2. The van der Waals surface area contributed by atoms with E-state index in [0.717, 1.165) is 13.1 Å². The molecule has 4 rings (SSSR count). The van der Waals surface area contributed by atoms with Gasteiger partial charge in [0.1, 0.15) is 18.5 Å². The van der Waals surface area contributed by atoms with Crippen molar-refractivity contribution in [1.29, 1.82) is 0 Å². The van der Waals surface area contributed by atoms with Gasteiger partial charge in [0.25, 0.3) is 11.2 Å². The molecule has 1 saturated heterocycles. The standard InChI is InChI=1S/C20H25N7O6/c1-23-7-9-25(10-8-23)19-21-17-16(18(29)22-20(30)24(17)2)26(19)11-14(28)12-33-15-5-3-13(4-6-15)27(31)32/h3-6,14,28H,7-12H2,1-2H3,(H,22,29,30)/t14-/m0/s1. The molecule has 1 atom stereocenters. The van der Waals surface area contributed by atoms with Gasteiger partial charge in [-0.1, -0.05) is 0 Å². The van der Waals surface area contributed by atoms with Gasteiger partial charge >= 0.3 is 5.69 Å². The van der Waals surface area contributed by atoms with Crippen molar-refractivity contribution in [2.45, 2.75) is 12.6 Å². The molecule has 2 N–H and O–H groups in total. The second kappa shape index (κ2) is 9.03. The van der Waals surface area contributed by atoms with E-state index in [0.29, 0.717) is 24.8 Å². The van der Waals surface area contributed by atoms with Crippen LogP contribution in [0.15, 0.2) is 33.9 Å². The predicted octanol–water partition coefficient (Wildman–Crippen LogP) is -0.477. The summed E-state index contributed by atoms with van der Waals surface area (Å²) >= 11 is 0. The smallest absolute Gasteiger partial charge is 0.329 e. The van der Waals surface area contributed by atoms with Crippen LogP contribution in [0.2, 0.25) is 0 Å². The van der Waals surface area contributed by atoms with E-state index in [1.807, 2.05) is 11.9 Å². The summed E-state index contributed by atoms with van der Waals surface area (Å²) < 4.78 is 8.45. The second-order valence-electron chi connectivity index (χ2n) is 8.02. The topological polar surface area (TPSA) is 152 Å². The van der Waals surface area contributed by atoms with Crippen LogP contribution < -0.4 is 20.9 Å². The highest BCUT2D eigenvalue weighted by molar-refractivity contribution is 5.74. The number of nitro groups is 1. The summed E-state index contributed by atoms with van der Waals surface area (Å²) in [5.41, 5.74) is -0.774. The van der Waals surface area contributed by atoms with Gasteiger partial charge < -0.3 is 24.2 Å². The highest BCUT2D eigenvalue weighted by atomic mass is 16.6. The number of H-pyrrole nitrogens is 1. The first-order valence-corrected chi connectivity index (χ1v) is 10.4. The van der Waals surface area contributed by atoms with Crippen LogP contribution in [0, 0.1) is 10.1 Å². The number of rotatable bonds is 7. The lowest BCUT2D eigenvalue weighted by molar-refractivity contribution is -0.384. The number of nitrogens with one attached hydrogen (secondary N) is 1. The van der Waals surface area contributed by atoms with Gasteiger partial charge in [-0.2, -0.15) is 4.98 Å².